The van der Waals surface area contributed by atoms with Gasteiger partial charge in [0.15, 0.2) is 0 Å². The summed E-state index contributed by atoms with van der Waals surface area (Å²) < 4.78 is 15.3. The summed E-state index contributed by atoms with van der Waals surface area (Å²) in [6.07, 6.45) is 3.34. The zero-order chi connectivity index (χ0) is 14.1. The van der Waals surface area contributed by atoms with Crippen LogP contribution < -0.4 is 4.72 Å². The number of nitrogens with one attached hydrogen (secondary N) is 1. The zero-order valence-corrected chi connectivity index (χ0v) is 13.2. The molecule has 1 saturated carbocycles. The molecule has 1 aliphatic rings. The highest BCUT2D eigenvalue weighted by Crippen LogP contribution is 2.40. The third-order valence-corrected chi connectivity index (χ3v) is 5.70. The Labute approximate surface area is 119 Å². The number of benzene rings is 1. The van der Waals surface area contributed by atoms with Crippen LogP contribution in [-0.4, -0.2) is 15.0 Å². The van der Waals surface area contributed by atoms with Crippen LogP contribution in [0.4, 0.5) is 0 Å². The average molecular weight is 279 g/mol. The molecular weight excluding hydrogens is 254 g/mol. The predicted octanol–water partition coefficient (Wildman–Crippen LogP) is 3.55. The summed E-state index contributed by atoms with van der Waals surface area (Å²) in [6, 6.07) is 11.1. The quantitative estimate of drug-likeness (QED) is 0.900. The van der Waals surface area contributed by atoms with Gasteiger partial charge in [-0.2, -0.15) is 0 Å². The zero-order valence-electron chi connectivity index (χ0n) is 12.4. The van der Waals surface area contributed by atoms with Crippen LogP contribution in [0.5, 0.6) is 0 Å². The molecule has 3 atom stereocenters. The maximum atomic E-state index is 12.2. The minimum absolute atomic E-state index is 0.189. The second-order valence-electron chi connectivity index (χ2n) is 6.87. The summed E-state index contributed by atoms with van der Waals surface area (Å²) in [5.74, 6) is 0. The molecule has 1 aromatic rings. The fourth-order valence-electron chi connectivity index (χ4n) is 2.77. The van der Waals surface area contributed by atoms with E-state index in [1.165, 1.54) is 5.56 Å². The number of rotatable bonds is 3. The van der Waals surface area contributed by atoms with Crippen LogP contribution in [0, 0.1) is 0 Å². The first-order valence-corrected chi connectivity index (χ1v) is 8.20. The van der Waals surface area contributed by atoms with Gasteiger partial charge >= 0.3 is 0 Å². The van der Waals surface area contributed by atoms with Gasteiger partial charge in [-0.1, -0.05) is 37.3 Å². The fraction of sp³-hybridized carbons (Fsp3) is 0.625. The molecule has 19 heavy (non-hydrogen) atoms. The van der Waals surface area contributed by atoms with Gasteiger partial charge in [-0.3, -0.25) is 0 Å². The predicted molar refractivity (Wildman–Crippen MR) is 82.5 cm³/mol. The van der Waals surface area contributed by atoms with Crippen molar-refractivity contribution in [2.75, 3.05) is 0 Å². The van der Waals surface area contributed by atoms with Crippen molar-refractivity contribution in [3.63, 3.8) is 0 Å². The van der Waals surface area contributed by atoms with Crippen LogP contribution in [0.3, 0.4) is 0 Å². The highest BCUT2D eigenvalue weighted by Gasteiger charge is 2.37. The average Bonchev–Trinajstić information content (AvgIpc) is 2.72. The van der Waals surface area contributed by atoms with E-state index >= 15 is 0 Å². The van der Waals surface area contributed by atoms with Crippen molar-refractivity contribution in [3.8, 4) is 0 Å². The summed E-state index contributed by atoms with van der Waals surface area (Å²) in [6.45, 7) is 8.37. The monoisotopic (exact) mass is 279 g/mol. The Morgan fingerprint density at radius 2 is 1.89 bits per heavy atom. The molecule has 0 heterocycles. The lowest BCUT2D eigenvalue weighted by Crippen LogP contribution is -2.39. The lowest BCUT2D eigenvalue weighted by Gasteiger charge is -2.26. The Bertz CT molecular complexity index is 452. The molecule has 1 unspecified atom stereocenters. The van der Waals surface area contributed by atoms with Gasteiger partial charge in [-0.25, -0.2) is 8.93 Å². The Morgan fingerprint density at radius 1 is 1.26 bits per heavy atom. The largest absolute Gasteiger partial charge is 0.242 e. The molecule has 1 N–H and O–H groups in total. The van der Waals surface area contributed by atoms with Crippen molar-refractivity contribution in [1.82, 2.24) is 4.72 Å². The number of hydrogen-bond acceptors (Lipinski definition) is 1. The Kier molecular flexibility index (Phi) is 4.17. The van der Waals surface area contributed by atoms with Crippen LogP contribution >= 0.6 is 0 Å². The highest BCUT2D eigenvalue weighted by molar-refractivity contribution is 7.84. The van der Waals surface area contributed by atoms with Gasteiger partial charge in [0, 0.05) is 6.04 Å². The minimum Gasteiger partial charge on any atom is -0.242 e. The molecule has 1 fully saturated rings. The van der Waals surface area contributed by atoms with E-state index in [4.69, 9.17) is 0 Å². The van der Waals surface area contributed by atoms with E-state index < -0.39 is 11.0 Å². The maximum absolute atomic E-state index is 12.2. The third-order valence-electron chi connectivity index (χ3n) is 4.04. The smallest absolute Gasteiger partial charge is 0.0972 e. The van der Waals surface area contributed by atoms with Gasteiger partial charge in [-0.05, 0) is 51.0 Å². The lowest BCUT2D eigenvalue weighted by atomic mass is 9.81. The topological polar surface area (TPSA) is 29.1 Å². The minimum atomic E-state index is -0.967. The van der Waals surface area contributed by atoms with Crippen LogP contribution in [0.25, 0.3) is 0 Å². The summed E-state index contributed by atoms with van der Waals surface area (Å²) in [5, 5.41) is 0. The van der Waals surface area contributed by atoms with Crippen molar-refractivity contribution in [2.24, 2.45) is 0 Å². The first kappa shape index (κ1) is 14.7. The van der Waals surface area contributed by atoms with Crippen LogP contribution in [0.1, 0.15) is 52.5 Å². The fourth-order valence-corrected chi connectivity index (χ4v) is 3.63. The van der Waals surface area contributed by atoms with Crippen molar-refractivity contribution in [3.05, 3.63) is 35.9 Å². The molecule has 3 heteroatoms. The van der Waals surface area contributed by atoms with Crippen LogP contribution in [-0.2, 0) is 16.4 Å². The Balaban J connectivity index is 2.02. The van der Waals surface area contributed by atoms with Gasteiger partial charge < -0.3 is 0 Å². The molecule has 2 rings (SSSR count). The second-order valence-corrected chi connectivity index (χ2v) is 8.86. The molecule has 0 saturated heterocycles. The second kappa shape index (κ2) is 5.37. The molecule has 0 aliphatic heterocycles. The molecule has 106 valence electrons. The van der Waals surface area contributed by atoms with E-state index in [0.29, 0.717) is 6.04 Å². The highest BCUT2D eigenvalue weighted by atomic mass is 32.2. The molecule has 0 bridgehead atoms. The van der Waals surface area contributed by atoms with Gasteiger partial charge in [-0.15, -0.1) is 0 Å². The molecule has 0 spiro atoms. The van der Waals surface area contributed by atoms with Gasteiger partial charge in [0.2, 0.25) is 0 Å². The summed E-state index contributed by atoms with van der Waals surface area (Å²) in [7, 11) is -0.967. The van der Waals surface area contributed by atoms with Gasteiger partial charge in [0.05, 0.1) is 15.7 Å². The summed E-state index contributed by atoms with van der Waals surface area (Å²) >= 11 is 0. The maximum Gasteiger partial charge on any atom is 0.0972 e. The first-order valence-electron chi connectivity index (χ1n) is 7.05. The van der Waals surface area contributed by atoms with Gasteiger partial charge in [0.25, 0.3) is 0 Å². The molecule has 0 radical (unpaired) electrons. The first-order chi connectivity index (χ1) is 8.81. The molecule has 0 aromatic heterocycles. The van der Waals surface area contributed by atoms with E-state index in [0.717, 1.165) is 19.3 Å². The van der Waals surface area contributed by atoms with Crippen molar-refractivity contribution >= 4 is 11.0 Å². The summed E-state index contributed by atoms with van der Waals surface area (Å²) in [5.41, 5.74) is 1.63. The number of hydrogen-bond donors (Lipinski definition) is 1. The summed E-state index contributed by atoms with van der Waals surface area (Å²) in [4.78, 5) is 0. The van der Waals surface area contributed by atoms with Gasteiger partial charge in [0.1, 0.15) is 0 Å². The SMILES string of the molecule is CC(C)(C)S(=O)N[C@H]1CC[C@@](C)(c2ccccc2)C1. The van der Waals surface area contributed by atoms with Crippen LogP contribution in [0.2, 0.25) is 0 Å². The molecule has 0 amide bonds. The van der Waals surface area contributed by atoms with E-state index in [1.54, 1.807) is 0 Å². The van der Waals surface area contributed by atoms with Crippen molar-refractivity contribution in [1.29, 1.82) is 0 Å². The molecule has 1 aliphatic carbocycles. The molecular formula is C16H25NOS. The Hall–Kier alpha value is -0.670. The van der Waals surface area contributed by atoms with Crippen LogP contribution in [0.15, 0.2) is 30.3 Å². The van der Waals surface area contributed by atoms with Crippen molar-refractivity contribution in [2.45, 2.75) is 63.2 Å². The van der Waals surface area contributed by atoms with E-state index in [2.05, 4.69) is 42.0 Å². The lowest BCUT2D eigenvalue weighted by molar-refractivity contribution is 0.475. The van der Waals surface area contributed by atoms with E-state index in [1.807, 2.05) is 20.8 Å². The standard InChI is InChI=1S/C16H25NOS/c1-15(2,3)19(18)17-14-10-11-16(4,12-14)13-8-6-5-7-9-13/h5-9,14,17H,10-12H2,1-4H3/t14-,16+,19?/m0/s1. The van der Waals surface area contributed by atoms with E-state index in [9.17, 15) is 4.21 Å². The third kappa shape index (κ3) is 3.46. The van der Waals surface area contributed by atoms with Crippen molar-refractivity contribution < 1.29 is 4.21 Å². The molecule has 2 nitrogen and oxygen atoms in total. The van der Waals surface area contributed by atoms with E-state index in [-0.39, 0.29) is 10.2 Å². The molecule has 1 aromatic carbocycles. The normalized spacial score (nSPS) is 29.4. The Morgan fingerprint density at radius 3 is 2.47 bits per heavy atom.